The summed E-state index contributed by atoms with van der Waals surface area (Å²) >= 11 is 1.61. The van der Waals surface area contributed by atoms with Crippen molar-refractivity contribution in [2.75, 3.05) is 18.8 Å². The predicted molar refractivity (Wildman–Crippen MR) is 94.5 cm³/mol. The van der Waals surface area contributed by atoms with E-state index in [1.165, 1.54) is 12.5 Å². The number of carbonyl (C=O) groups is 2. The number of aryl methyl sites for hydroxylation is 1. The average molecular weight is 334 g/mol. The van der Waals surface area contributed by atoms with E-state index in [1.807, 2.05) is 4.90 Å². The van der Waals surface area contributed by atoms with Gasteiger partial charge in [0.2, 0.25) is 11.8 Å². The van der Waals surface area contributed by atoms with E-state index in [0.29, 0.717) is 11.7 Å². The highest BCUT2D eigenvalue weighted by Crippen LogP contribution is 2.21. The summed E-state index contributed by atoms with van der Waals surface area (Å²) in [5.41, 5.74) is 1.21. The maximum atomic E-state index is 12.7. The van der Waals surface area contributed by atoms with E-state index in [9.17, 15) is 9.59 Å². The molecule has 5 heteroatoms. The number of piperidine rings is 1. The molecule has 2 rings (SSSR count). The SMILES string of the molecule is CC(=O)NC(CSc1ccc(C)cc1)C(=O)N1CCC(C)CC1. The van der Waals surface area contributed by atoms with Crippen molar-refractivity contribution in [1.29, 1.82) is 0 Å². The van der Waals surface area contributed by atoms with E-state index in [2.05, 4.69) is 43.4 Å². The zero-order valence-electron chi connectivity index (χ0n) is 14.2. The van der Waals surface area contributed by atoms with Crippen molar-refractivity contribution in [3.05, 3.63) is 29.8 Å². The Morgan fingerprint density at radius 1 is 1.26 bits per heavy atom. The van der Waals surface area contributed by atoms with Crippen LogP contribution in [0.5, 0.6) is 0 Å². The third-order valence-corrected chi connectivity index (χ3v) is 5.31. The van der Waals surface area contributed by atoms with Crippen LogP contribution in [0.25, 0.3) is 0 Å². The molecule has 4 nitrogen and oxygen atoms in total. The summed E-state index contributed by atoms with van der Waals surface area (Å²) in [6, 6.07) is 7.77. The van der Waals surface area contributed by atoms with Crippen LogP contribution in [-0.2, 0) is 9.59 Å². The van der Waals surface area contributed by atoms with Crippen molar-refractivity contribution in [1.82, 2.24) is 10.2 Å². The van der Waals surface area contributed by atoms with Gasteiger partial charge in [0.25, 0.3) is 0 Å². The van der Waals surface area contributed by atoms with Gasteiger partial charge in [-0.1, -0.05) is 24.6 Å². The van der Waals surface area contributed by atoms with E-state index in [-0.39, 0.29) is 11.8 Å². The van der Waals surface area contributed by atoms with Crippen molar-refractivity contribution < 1.29 is 9.59 Å². The molecule has 2 amide bonds. The van der Waals surface area contributed by atoms with Gasteiger partial charge in [0.15, 0.2) is 0 Å². The lowest BCUT2D eigenvalue weighted by Crippen LogP contribution is -2.51. The second-order valence-corrected chi connectivity index (χ2v) is 7.48. The minimum Gasteiger partial charge on any atom is -0.344 e. The maximum absolute atomic E-state index is 12.7. The Bertz CT molecular complexity index is 536. The van der Waals surface area contributed by atoms with Gasteiger partial charge in [-0.15, -0.1) is 11.8 Å². The van der Waals surface area contributed by atoms with Crippen LogP contribution in [0.15, 0.2) is 29.2 Å². The zero-order chi connectivity index (χ0) is 16.8. The molecule has 1 aliphatic rings. The molecule has 0 spiro atoms. The van der Waals surface area contributed by atoms with Gasteiger partial charge in [-0.3, -0.25) is 9.59 Å². The summed E-state index contributed by atoms with van der Waals surface area (Å²) in [5.74, 6) is 1.14. The van der Waals surface area contributed by atoms with E-state index >= 15 is 0 Å². The second kappa shape index (κ2) is 8.39. The smallest absolute Gasteiger partial charge is 0.246 e. The molecular formula is C18H26N2O2S. The van der Waals surface area contributed by atoms with Crippen LogP contribution < -0.4 is 5.32 Å². The molecule has 1 fully saturated rings. The van der Waals surface area contributed by atoms with E-state index < -0.39 is 6.04 Å². The molecule has 1 saturated heterocycles. The number of hydrogen-bond donors (Lipinski definition) is 1. The van der Waals surface area contributed by atoms with Crippen LogP contribution in [0.4, 0.5) is 0 Å². The third-order valence-electron chi connectivity index (χ3n) is 4.21. The lowest BCUT2D eigenvalue weighted by molar-refractivity contribution is -0.136. The first-order chi connectivity index (χ1) is 11.0. The summed E-state index contributed by atoms with van der Waals surface area (Å²) in [5, 5.41) is 2.82. The quantitative estimate of drug-likeness (QED) is 0.843. The number of hydrogen-bond acceptors (Lipinski definition) is 3. The van der Waals surface area contributed by atoms with Crippen LogP contribution >= 0.6 is 11.8 Å². The first kappa shape index (κ1) is 17.9. The molecule has 1 heterocycles. The molecule has 23 heavy (non-hydrogen) atoms. The summed E-state index contributed by atoms with van der Waals surface area (Å²) in [7, 11) is 0. The topological polar surface area (TPSA) is 49.4 Å². The first-order valence-electron chi connectivity index (χ1n) is 8.21. The highest BCUT2D eigenvalue weighted by atomic mass is 32.2. The lowest BCUT2D eigenvalue weighted by Gasteiger charge is -2.33. The molecule has 0 saturated carbocycles. The molecule has 126 valence electrons. The molecular weight excluding hydrogens is 308 g/mol. The molecule has 0 aliphatic carbocycles. The van der Waals surface area contributed by atoms with Crippen LogP contribution in [-0.4, -0.2) is 41.6 Å². The summed E-state index contributed by atoms with van der Waals surface area (Å²) < 4.78 is 0. The Balaban J connectivity index is 1.96. The summed E-state index contributed by atoms with van der Waals surface area (Å²) in [4.78, 5) is 27.2. The van der Waals surface area contributed by atoms with E-state index in [1.54, 1.807) is 11.8 Å². The first-order valence-corrected chi connectivity index (χ1v) is 9.19. The number of nitrogens with zero attached hydrogens (tertiary/aromatic N) is 1. The second-order valence-electron chi connectivity index (χ2n) is 6.38. The van der Waals surface area contributed by atoms with Crippen molar-refractivity contribution in [2.24, 2.45) is 5.92 Å². The Morgan fingerprint density at radius 2 is 1.87 bits per heavy atom. The molecule has 1 unspecified atom stereocenters. The van der Waals surface area contributed by atoms with E-state index in [4.69, 9.17) is 0 Å². The Kier molecular flexibility index (Phi) is 6.51. The van der Waals surface area contributed by atoms with Gasteiger partial charge in [0.1, 0.15) is 6.04 Å². The van der Waals surface area contributed by atoms with Gasteiger partial charge in [-0.05, 0) is 37.8 Å². The van der Waals surface area contributed by atoms with Crippen LogP contribution in [0.2, 0.25) is 0 Å². The molecule has 1 aromatic rings. The average Bonchev–Trinajstić information content (AvgIpc) is 2.52. The number of nitrogens with one attached hydrogen (secondary N) is 1. The summed E-state index contributed by atoms with van der Waals surface area (Å²) in [6.45, 7) is 7.33. The standard InChI is InChI=1S/C18H26N2O2S/c1-13-4-6-16(7-5-13)23-12-17(19-15(3)21)18(22)20-10-8-14(2)9-11-20/h4-7,14,17H,8-12H2,1-3H3,(H,19,21). The fraction of sp³-hybridized carbons (Fsp3) is 0.556. The molecule has 1 atom stereocenters. The molecule has 0 radical (unpaired) electrons. The van der Waals surface area contributed by atoms with Crippen LogP contribution in [0.3, 0.4) is 0 Å². The lowest BCUT2D eigenvalue weighted by atomic mass is 9.99. The van der Waals surface area contributed by atoms with Crippen molar-refractivity contribution in [2.45, 2.75) is 44.6 Å². The summed E-state index contributed by atoms with van der Waals surface area (Å²) in [6.07, 6.45) is 2.09. The Hall–Kier alpha value is -1.49. The third kappa shape index (κ3) is 5.57. The molecule has 1 aliphatic heterocycles. The van der Waals surface area contributed by atoms with Crippen LogP contribution in [0, 0.1) is 12.8 Å². The van der Waals surface area contributed by atoms with Gasteiger partial charge >= 0.3 is 0 Å². The highest BCUT2D eigenvalue weighted by molar-refractivity contribution is 7.99. The molecule has 1 aromatic carbocycles. The largest absolute Gasteiger partial charge is 0.344 e. The number of likely N-dealkylation sites (tertiary alicyclic amines) is 1. The maximum Gasteiger partial charge on any atom is 0.246 e. The fourth-order valence-electron chi connectivity index (χ4n) is 2.68. The van der Waals surface area contributed by atoms with Gasteiger partial charge in [0, 0.05) is 30.7 Å². The molecule has 1 N–H and O–H groups in total. The van der Waals surface area contributed by atoms with Crippen molar-refractivity contribution >= 4 is 23.6 Å². The van der Waals surface area contributed by atoms with Gasteiger partial charge < -0.3 is 10.2 Å². The van der Waals surface area contributed by atoms with Crippen molar-refractivity contribution in [3.63, 3.8) is 0 Å². The number of thioether (sulfide) groups is 1. The van der Waals surface area contributed by atoms with E-state index in [0.717, 1.165) is 30.8 Å². The van der Waals surface area contributed by atoms with Crippen LogP contribution in [0.1, 0.15) is 32.3 Å². The van der Waals surface area contributed by atoms with Crippen molar-refractivity contribution in [3.8, 4) is 0 Å². The number of carbonyl (C=O) groups excluding carboxylic acids is 2. The fourth-order valence-corrected chi connectivity index (χ4v) is 3.60. The molecule has 0 bridgehead atoms. The number of benzene rings is 1. The number of rotatable bonds is 5. The number of amides is 2. The van der Waals surface area contributed by atoms with Gasteiger partial charge in [-0.2, -0.15) is 0 Å². The Morgan fingerprint density at radius 3 is 2.43 bits per heavy atom. The monoisotopic (exact) mass is 334 g/mol. The highest BCUT2D eigenvalue weighted by Gasteiger charge is 2.27. The molecule has 0 aromatic heterocycles. The zero-order valence-corrected chi connectivity index (χ0v) is 15.0. The minimum absolute atomic E-state index is 0.0479. The predicted octanol–water partition coefficient (Wildman–Crippen LogP) is 2.85. The Labute approximate surface area is 143 Å². The minimum atomic E-state index is -0.452. The van der Waals surface area contributed by atoms with Gasteiger partial charge in [-0.25, -0.2) is 0 Å². The normalized spacial score (nSPS) is 16.9. The van der Waals surface area contributed by atoms with Gasteiger partial charge in [0.05, 0.1) is 0 Å².